The number of ether oxygens (including phenoxy) is 1. The molecule has 0 aliphatic heterocycles. The van der Waals surface area contributed by atoms with Gasteiger partial charge in [-0.3, -0.25) is 0 Å². The molecule has 1 heterocycles. The monoisotopic (exact) mass is 248 g/mol. The third-order valence-corrected chi connectivity index (χ3v) is 3.94. The lowest BCUT2D eigenvalue weighted by Gasteiger charge is -2.13. The zero-order valence-electron chi connectivity index (χ0n) is 10.2. The second-order valence-corrected chi connectivity index (χ2v) is 5.15. The Bertz CT molecular complexity index is 502. The minimum absolute atomic E-state index is 0.219. The van der Waals surface area contributed by atoms with Crippen LogP contribution in [0.3, 0.4) is 0 Å². The Labute approximate surface area is 105 Å². The van der Waals surface area contributed by atoms with Crippen molar-refractivity contribution < 1.29 is 4.74 Å². The van der Waals surface area contributed by atoms with Gasteiger partial charge in [-0.2, -0.15) is 0 Å². The highest BCUT2D eigenvalue weighted by molar-refractivity contribution is 7.11. The molecule has 2 rings (SSSR count). The molecular formula is C13H16N2OS. The van der Waals surface area contributed by atoms with Crippen LogP contribution in [0.5, 0.6) is 5.75 Å². The Kier molecular flexibility index (Phi) is 3.45. The van der Waals surface area contributed by atoms with Crippen molar-refractivity contribution >= 4 is 11.3 Å². The first kappa shape index (κ1) is 12.1. The zero-order chi connectivity index (χ0) is 12.4. The first-order valence-electron chi connectivity index (χ1n) is 5.46. The summed E-state index contributed by atoms with van der Waals surface area (Å²) in [6, 6.07) is 7.58. The molecule has 0 aliphatic rings. The molecule has 0 saturated carbocycles. The molecule has 0 saturated heterocycles. The van der Waals surface area contributed by atoms with Crippen molar-refractivity contribution in [3.63, 3.8) is 0 Å². The van der Waals surface area contributed by atoms with Gasteiger partial charge in [0.15, 0.2) is 0 Å². The Hall–Kier alpha value is -1.39. The largest absolute Gasteiger partial charge is 0.496 e. The van der Waals surface area contributed by atoms with E-state index in [1.54, 1.807) is 18.4 Å². The van der Waals surface area contributed by atoms with E-state index in [0.29, 0.717) is 0 Å². The van der Waals surface area contributed by atoms with Crippen LogP contribution in [0.4, 0.5) is 0 Å². The number of aryl methyl sites for hydroxylation is 2. The highest BCUT2D eigenvalue weighted by Gasteiger charge is 2.17. The first-order chi connectivity index (χ1) is 8.13. The minimum Gasteiger partial charge on any atom is -0.496 e. The number of nitrogens with two attached hydrogens (primary N) is 1. The van der Waals surface area contributed by atoms with E-state index in [1.807, 2.05) is 31.2 Å². The zero-order valence-corrected chi connectivity index (χ0v) is 11.0. The summed E-state index contributed by atoms with van der Waals surface area (Å²) in [4.78, 5) is 5.71. The van der Waals surface area contributed by atoms with E-state index in [-0.39, 0.29) is 6.04 Å². The minimum atomic E-state index is -0.219. The quantitative estimate of drug-likeness (QED) is 0.908. The maximum absolute atomic E-state index is 6.24. The highest BCUT2D eigenvalue weighted by atomic mass is 32.1. The van der Waals surface area contributed by atoms with Crippen molar-refractivity contribution in [3.8, 4) is 5.75 Å². The molecule has 1 aromatic carbocycles. The Balaban J connectivity index is 2.39. The van der Waals surface area contributed by atoms with E-state index in [1.165, 1.54) is 4.88 Å². The molecule has 3 nitrogen and oxygen atoms in total. The van der Waals surface area contributed by atoms with E-state index in [4.69, 9.17) is 10.5 Å². The molecule has 0 radical (unpaired) electrons. The summed E-state index contributed by atoms with van der Waals surface area (Å²) >= 11 is 1.64. The Morgan fingerprint density at radius 2 is 2.00 bits per heavy atom. The number of aromatic nitrogens is 1. The number of benzene rings is 1. The van der Waals surface area contributed by atoms with Crippen LogP contribution in [-0.2, 0) is 0 Å². The molecule has 90 valence electrons. The molecule has 4 heteroatoms. The molecule has 2 N–H and O–H groups in total. The molecular weight excluding hydrogens is 232 g/mol. The summed E-state index contributed by atoms with van der Waals surface area (Å²) in [5.74, 6) is 0.811. The molecule has 1 unspecified atom stereocenters. The van der Waals surface area contributed by atoms with Gasteiger partial charge in [0.2, 0.25) is 0 Å². The van der Waals surface area contributed by atoms with Crippen LogP contribution in [0.2, 0.25) is 0 Å². The van der Waals surface area contributed by atoms with Gasteiger partial charge in [-0.1, -0.05) is 18.2 Å². The van der Waals surface area contributed by atoms with Crippen molar-refractivity contribution in [2.45, 2.75) is 19.9 Å². The number of hydrogen-bond acceptors (Lipinski definition) is 4. The van der Waals surface area contributed by atoms with Gasteiger partial charge >= 0.3 is 0 Å². The van der Waals surface area contributed by atoms with E-state index >= 15 is 0 Å². The third kappa shape index (κ3) is 2.33. The summed E-state index contributed by atoms with van der Waals surface area (Å²) in [5.41, 5.74) is 8.27. The van der Waals surface area contributed by atoms with Crippen LogP contribution in [0.15, 0.2) is 24.3 Å². The smallest absolute Gasteiger partial charge is 0.124 e. The van der Waals surface area contributed by atoms with Crippen molar-refractivity contribution in [1.29, 1.82) is 0 Å². The fourth-order valence-corrected chi connectivity index (χ4v) is 2.63. The highest BCUT2D eigenvalue weighted by Crippen LogP contribution is 2.31. The van der Waals surface area contributed by atoms with Gasteiger partial charge in [0.05, 0.1) is 18.8 Å². The molecule has 0 fully saturated rings. The summed E-state index contributed by atoms with van der Waals surface area (Å²) in [6.45, 7) is 4.07. The molecule has 2 aromatic rings. The molecule has 1 aromatic heterocycles. The van der Waals surface area contributed by atoms with Crippen LogP contribution in [0.25, 0.3) is 0 Å². The van der Waals surface area contributed by atoms with Crippen LogP contribution in [0, 0.1) is 13.8 Å². The van der Waals surface area contributed by atoms with E-state index in [2.05, 4.69) is 11.9 Å². The number of para-hydroxylation sites is 1. The number of methoxy groups -OCH3 is 1. The fourth-order valence-electron chi connectivity index (χ4n) is 1.69. The average molecular weight is 248 g/mol. The van der Waals surface area contributed by atoms with Gasteiger partial charge in [-0.15, -0.1) is 11.3 Å². The maximum Gasteiger partial charge on any atom is 0.124 e. The molecule has 0 amide bonds. The van der Waals surface area contributed by atoms with Gasteiger partial charge < -0.3 is 10.5 Å². The second-order valence-electron chi connectivity index (χ2n) is 3.91. The standard InChI is InChI=1S/C13H16N2OS/c1-8-9(2)17-13(15-8)12(14)10-6-4-5-7-11(10)16-3/h4-7,12H,14H2,1-3H3. The Morgan fingerprint density at radius 1 is 1.29 bits per heavy atom. The van der Waals surface area contributed by atoms with Gasteiger partial charge in [0, 0.05) is 10.4 Å². The first-order valence-corrected chi connectivity index (χ1v) is 6.27. The van der Waals surface area contributed by atoms with Crippen molar-refractivity contribution in [2.75, 3.05) is 7.11 Å². The lowest BCUT2D eigenvalue weighted by Crippen LogP contribution is -2.12. The second kappa shape index (κ2) is 4.85. The fraction of sp³-hybridized carbons (Fsp3) is 0.308. The normalized spacial score (nSPS) is 12.5. The topological polar surface area (TPSA) is 48.1 Å². The van der Waals surface area contributed by atoms with Gasteiger partial charge in [0.1, 0.15) is 10.8 Å². The van der Waals surface area contributed by atoms with Crippen LogP contribution >= 0.6 is 11.3 Å². The predicted octanol–water partition coefficient (Wildman–Crippen LogP) is 2.82. The van der Waals surface area contributed by atoms with Crippen molar-refractivity contribution in [1.82, 2.24) is 4.98 Å². The third-order valence-electron chi connectivity index (χ3n) is 2.79. The van der Waals surface area contributed by atoms with Crippen molar-refractivity contribution in [2.24, 2.45) is 5.73 Å². The lowest BCUT2D eigenvalue weighted by atomic mass is 10.1. The van der Waals surface area contributed by atoms with Gasteiger partial charge in [-0.05, 0) is 19.9 Å². The maximum atomic E-state index is 6.24. The lowest BCUT2D eigenvalue weighted by molar-refractivity contribution is 0.408. The average Bonchev–Trinajstić information content (AvgIpc) is 2.68. The SMILES string of the molecule is COc1ccccc1C(N)c1nc(C)c(C)s1. The summed E-state index contributed by atoms with van der Waals surface area (Å²) < 4.78 is 5.32. The summed E-state index contributed by atoms with van der Waals surface area (Å²) in [7, 11) is 1.66. The Morgan fingerprint density at radius 3 is 2.59 bits per heavy atom. The summed E-state index contributed by atoms with van der Waals surface area (Å²) in [5, 5.41) is 0.935. The molecule has 0 bridgehead atoms. The number of nitrogens with zero attached hydrogens (tertiary/aromatic N) is 1. The molecule has 1 atom stereocenters. The van der Waals surface area contributed by atoms with E-state index in [0.717, 1.165) is 22.0 Å². The van der Waals surface area contributed by atoms with Crippen LogP contribution in [-0.4, -0.2) is 12.1 Å². The van der Waals surface area contributed by atoms with Gasteiger partial charge in [0.25, 0.3) is 0 Å². The van der Waals surface area contributed by atoms with Crippen LogP contribution < -0.4 is 10.5 Å². The number of rotatable bonds is 3. The number of thiazole rings is 1. The predicted molar refractivity (Wildman–Crippen MR) is 70.6 cm³/mol. The summed E-state index contributed by atoms with van der Waals surface area (Å²) in [6.07, 6.45) is 0. The van der Waals surface area contributed by atoms with Crippen LogP contribution in [0.1, 0.15) is 27.2 Å². The van der Waals surface area contributed by atoms with E-state index in [9.17, 15) is 0 Å². The molecule has 17 heavy (non-hydrogen) atoms. The van der Waals surface area contributed by atoms with Crippen molar-refractivity contribution in [3.05, 3.63) is 45.4 Å². The molecule has 0 aliphatic carbocycles. The van der Waals surface area contributed by atoms with Gasteiger partial charge in [-0.25, -0.2) is 4.98 Å². The number of hydrogen-bond donors (Lipinski definition) is 1. The van der Waals surface area contributed by atoms with E-state index < -0.39 is 0 Å². The molecule has 0 spiro atoms.